The van der Waals surface area contributed by atoms with Crippen molar-refractivity contribution in [2.45, 2.75) is 32.0 Å². The van der Waals surface area contributed by atoms with Crippen molar-refractivity contribution in [2.75, 3.05) is 11.9 Å². The lowest BCUT2D eigenvalue weighted by molar-refractivity contribution is 0.172. The highest BCUT2D eigenvalue weighted by Gasteiger charge is 2.15. The molecule has 0 spiro atoms. The summed E-state index contributed by atoms with van der Waals surface area (Å²) in [7, 11) is 0. The molecule has 0 saturated heterocycles. The van der Waals surface area contributed by atoms with E-state index in [0.29, 0.717) is 41.7 Å². The molecule has 2 amide bonds. The van der Waals surface area contributed by atoms with Gasteiger partial charge in [-0.25, -0.2) is 4.79 Å². The van der Waals surface area contributed by atoms with Crippen molar-refractivity contribution >= 4 is 22.6 Å². The van der Waals surface area contributed by atoms with E-state index in [-0.39, 0.29) is 23.4 Å². The van der Waals surface area contributed by atoms with Gasteiger partial charge in [-0.1, -0.05) is 48.5 Å². The molecule has 0 saturated carbocycles. The van der Waals surface area contributed by atoms with E-state index >= 15 is 0 Å². The number of benzene rings is 3. The molecule has 0 aliphatic heterocycles. The first-order chi connectivity index (χ1) is 17.4. The Kier molecular flexibility index (Phi) is 7.99. The summed E-state index contributed by atoms with van der Waals surface area (Å²) in [6, 6.07) is 23.2. The largest absolute Gasteiger partial charge is 0.506 e. The topological polar surface area (TPSA) is 126 Å². The molecule has 186 valence electrons. The monoisotopic (exact) mass is 486 g/mol. The number of aliphatic hydroxyl groups is 1. The van der Waals surface area contributed by atoms with E-state index < -0.39 is 6.10 Å². The SMILES string of the molecule is CC(Cc1cccc(NC(=O)NCc2ccccc2)c1)NCC(O)c1ccc(O)c2[nH]c(=O)ccc12. The zero-order chi connectivity index (χ0) is 25.5. The first kappa shape index (κ1) is 25.0. The number of H-pyrrole nitrogens is 1. The van der Waals surface area contributed by atoms with Crippen LogP contribution in [0.5, 0.6) is 5.75 Å². The number of aliphatic hydroxyl groups excluding tert-OH is 1. The van der Waals surface area contributed by atoms with Gasteiger partial charge in [-0.2, -0.15) is 0 Å². The summed E-state index contributed by atoms with van der Waals surface area (Å²) in [5.74, 6) is -0.0396. The number of carbonyl (C=O) groups excluding carboxylic acids is 1. The van der Waals surface area contributed by atoms with Gasteiger partial charge in [0.05, 0.1) is 11.6 Å². The number of hydrogen-bond donors (Lipinski definition) is 6. The number of fused-ring (bicyclic) bond motifs is 1. The molecule has 2 unspecified atom stereocenters. The molecular formula is C28H30N4O4. The van der Waals surface area contributed by atoms with Gasteiger partial charge < -0.3 is 31.1 Å². The molecule has 0 aliphatic rings. The van der Waals surface area contributed by atoms with Gasteiger partial charge in [-0.15, -0.1) is 0 Å². The highest BCUT2D eigenvalue weighted by atomic mass is 16.3. The molecular weight excluding hydrogens is 456 g/mol. The van der Waals surface area contributed by atoms with Crippen molar-refractivity contribution in [3.63, 3.8) is 0 Å². The number of rotatable bonds is 9. The molecule has 36 heavy (non-hydrogen) atoms. The third-order valence-electron chi connectivity index (χ3n) is 5.95. The van der Waals surface area contributed by atoms with Crippen LogP contribution in [0.25, 0.3) is 10.9 Å². The van der Waals surface area contributed by atoms with Crippen molar-refractivity contribution in [3.8, 4) is 5.75 Å². The molecule has 1 heterocycles. The van der Waals surface area contributed by atoms with E-state index in [4.69, 9.17) is 0 Å². The Balaban J connectivity index is 1.31. The number of aromatic amines is 1. The van der Waals surface area contributed by atoms with Crippen LogP contribution in [-0.4, -0.2) is 33.8 Å². The van der Waals surface area contributed by atoms with Crippen LogP contribution in [0, 0.1) is 0 Å². The number of anilines is 1. The first-order valence-corrected chi connectivity index (χ1v) is 11.8. The lowest BCUT2D eigenvalue weighted by atomic mass is 10.0. The Morgan fingerprint density at radius 3 is 2.56 bits per heavy atom. The number of phenols is 1. The quantitative estimate of drug-likeness (QED) is 0.215. The summed E-state index contributed by atoms with van der Waals surface area (Å²) in [5.41, 5.74) is 3.38. The van der Waals surface area contributed by atoms with Crippen LogP contribution >= 0.6 is 0 Å². The van der Waals surface area contributed by atoms with Crippen LogP contribution in [0.2, 0.25) is 0 Å². The highest BCUT2D eigenvalue weighted by molar-refractivity contribution is 5.89. The van der Waals surface area contributed by atoms with E-state index in [1.54, 1.807) is 12.1 Å². The summed E-state index contributed by atoms with van der Waals surface area (Å²) in [5, 5.41) is 30.5. The predicted octanol–water partition coefficient (Wildman–Crippen LogP) is 3.81. The Bertz CT molecular complexity index is 1390. The van der Waals surface area contributed by atoms with Crippen molar-refractivity contribution in [3.05, 3.63) is 106 Å². The Labute approximate surface area is 209 Å². The second-order valence-electron chi connectivity index (χ2n) is 8.81. The summed E-state index contributed by atoms with van der Waals surface area (Å²) < 4.78 is 0. The smallest absolute Gasteiger partial charge is 0.319 e. The summed E-state index contributed by atoms with van der Waals surface area (Å²) >= 11 is 0. The molecule has 0 bridgehead atoms. The minimum absolute atomic E-state index is 0.0396. The van der Waals surface area contributed by atoms with Crippen LogP contribution in [0.3, 0.4) is 0 Å². The molecule has 1 aromatic heterocycles. The van der Waals surface area contributed by atoms with Gasteiger partial charge in [-0.3, -0.25) is 4.79 Å². The van der Waals surface area contributed by atoms with E-state index in [9.17, 15) is 19.8 Å². The minimum atomic E-state index is -0.831. The third kappa shape index (κ3) is 6.50. The number of phenolic OH excluding ortho intramolecular Hbond substituents is 1. The molecule has 4 aromatic rings. The number of aromatic nitrogens is 1. The zero-order valence-corrected chi connectivity index (χ0v) is 20.0. The average molecular weight is 487 g/mol. The fraction of sp³-hybridized carbons (Fsp3) is 0.214. The summed E-state index contributed by atoms with van der Waals surface area (Å²) in [4.78, 5) is 26.5. The van der Waals surface area contributed by atoms with Crippen LogP contribution in [0.15, 0.2) is 83.7 Å². The molecule has 8 heteroatoms. The van der Waals surface area contributed by atoms with E-state index in [1.165, 1.54) is 12.1 Å². The maximum atomic E-state index is 12.3. The zero-order valence-electron chi connectivity index (χ0n) is 20.0. The van der Waals surface area contributed by atoms with E-state index in [1.807, 2.05) is 61.5 Å². The molecule has 6 N–H and O–H groups in total. The van der Waals surface area contributed by atoms with Gasteiger partial charge in [0.2, 0.25) is 5.56 Å². The molecule has 0 fully saturated rings. The van der Waals surface area contributed by atoms with Crippen LogP contribution < -0.4 is 21.5 Å². The molecule has 8 nitrogen and oxygen atoms in total. The fourth-order valence-corrected chi connectivity index (χ4v) is 4.13. The number of pyridine rings is 1. The van der Waals surface area contributed by atoms with Gasteiger partial charge in [-0.05, 0) is 54.3 Å². The van der Waals surface area contributed by atoms with Crippen LogP contribution in [0.4, 0.5) is 10.5 Å². The van der Waals surface area contributed by atoms with Gasteiger partial charge >= 0.3 is 6.03 Å². The lowest BCUT2D eigenvalue weighted by Crippen LogP contribution is -2.32. The lowest BCUT2D eigenvalue weighted by Gasteiger charge is -2.19. The number of urea groups is 1. The first-order valence-electron chi connectivity index (χ1n) is 11.8. The van der Waals surface area contributed by atoms with Gasteiger partial charge in [0.25, 0.3) is 0 Å². The molecule has 0 radical (unpaired) electrons. The van der Waals surface area contributed by atoms with Crippen LogP contribution in [0.1, 0.15) is 29.7 Å². The van der Waals surface area contributed by atoms with Gasteiger partial charge in [0.15, 0.2) is 0 Å². The number of nitrogens with one attached hydrogen (secondary N) is 4. The minimum Gasteiger partial charge on any atom is -0.506 e. The number of aromatic hydroxyl groups is 1. The second-order valence-corrected chi connectivity index (χ2v) is 8.81. The highest BCUT2D eigenvalue weighted by Crippen LogP contribution is 2.28. The maximum Gasteiger partial charge on any atom is 0.319 e. The second kappa shape index (κ2) is 11.5. The van der Waals surface area contributed by atoms with Crippen LogP contribution in [-0.2, 0) is 13.0 Å². The molecule has 4 rings (SSSR count). The van der Waals surface area contributed by atoms with Gasteiger partial charge in [0.1, 0.15) is 5.75 Å². The number of carbonyl (C=O) groups is 1. The normalized spacial score (nSPS) is 12.7. The van der Waals surface area contributed by atoms with Gasteiger partial charge in [0, 0.05) is 36.3 Å². The molecule has 2 atom stereocenters. The van der Waals surface area contributed by atoms with E-state index in [2.05, 4.69) is 20.9 Å². The van der Waals surface area contributed by atoms with Crippen molar-refractivity contribution in [1.29, 1.82) is 0 Å². The summed E-state index contributed by atoms with van der Waals surface area (Å²) in [6.07, 6.45) is -0.139. The molecule has 0 aliphatic carbocycles. The molecule has 3 aromatic carbocycles. The Hall–Kier alpha value is -4.14. The summed E-state index contributed by atoms with van der Waals surface area (Å²) in [6.45, 7) is 2.76. The average Bonchev–Trinajstić information content (AvgIpc) is 2.87. The third-order valence-corrected chi connectivity index (χ3v) is 5.95. The van der Waals surface area contributed by atoms with Crippen molar-refractivity contribution in [2.24, 2.45) is 0 Å². The fourth-order valence-electron chi connectivity index (χ4n) is 4.13. The number of amides is 2. The van der Waals surface area contributed by atoms with E-state index in [0.717, 1.165) is 11.1 Å². The van der Waals surface area contributed by atoms with Crippen molar-refractivity contribution in [1.82, 2.24) is 15.6 Å². The maximum absolute atomic E-state index is 12.3. The Morgan fingerprint density at radius 2 is 1.75 bits per heavy atom. The Morgan fingerprint density at radius 1 is 0.972 bits per heavy atom. The predicted molar refractivity (Wildman–Crippen MR) is 141 cm³/mol. The van der Waals surface area contributed by atoms with Crippen molar-refractivity contribution < 1.29 is 15.0 Å². The standard InChI is InChI=1S/C28H30N4O4/c1-18(29-17-25(34)22-10-12-24(33)27-23(22)11-13-26(35)32-27)14-20-8-5-9-21(15-20)31-28(36)30-16-19-6-3-2-4-7-19/h2-13,15,18,25,29,33-34H,14,16-17H2,1H3,(H,32,35)(H2,30,31,36). The number of hydrogen-bond acceptors (Lipinski definition) is 5.